The van der Waals surface area contributed by atoms with Gasteiger partial charge in [0.05, 0.1) is 7.11 Å². The first kappa shape index (κ1) is 13.3. The maximum atomic E-state index is 12.5. The van der Waals surface area contributed by atoms with Crippen molar-refractivity contribution in [2.24, 2.45) is 11.8 Å². The number of methoxy groups -OCH3 is 1. The smallest absolute Gasteiger partial charge is 0.328 e. The van der Waals surface area contributed by atoms with E-state index in [1.54, 1.807) is 4.90 Å². The van der Waals surface area contributed by atoms with E-state index < -0.39 is 0 Å². The fourth-order valence-corrected chi connectivity index (χ4v) is 2.70. The van der Waals surface area contributed by atoms with Crippen LogP contribution in [0.1, 0.15) is 26.2 Å². The Balaban J connectivity index is 2.03. The van der Waals surface area contributed by atoms with Gasteiger partial charge < -0.3 is 15.0 Å². The Labute approximate surface area is 108 Å². The highest BCUT2D eigenvalue weighted by atomic mass is 16.5. The molecule has 0 saturated carbocycles. The number of hydrogen-bond acceptors (Lipinski definition) is 4. The molecule has 0 radical (unpaired) electrons. The molecule has 0 aromatic rings. The predicted molar refractivity (Wildman–Crippen MR) is 66.9 cm³/mol. The minimum atomic E-state index is -0.369. The molecule has 0 aliphatic carbocycles. The number of nitrogens with zero attached hydrogens (tertiary/aromatic N) is 1. The largest absolute Gasteiger partial charge is 0.467 e. The monoisotopic (exact) mass is 254 g/mol. The van der Waals surface area contributed by atoms with Crippen LogP contribution >= 0.6 is 0 Å². The van der Waals surface area contributed by atoms with Gasteiger partial charge in [-0.1, -0.05) is 6.92 Å². The minimum Gasteiger partial charge on any atom is -0.467 e. The predicted octanol–water partition coefficient (Wildman–Crippen LogP) is 0.396. The number of piperidine rings is 1. The third kappa shape index (κ3) is 2.51. The molecule has 5 heteroatoms. The molecule has 2 rings (SSSR count). The fraction of sp³-hybridized carbons (Fsp3) is 0.846. The van der Waals surface area contributed by atoms with Crippen LogP contribution in [0.15, 0.2) is 0 Å². The van der Waals surface area contributed by atoms with Gasteiger partial charge in [-0.05, 0) is 38.3 Å². The molecule has 0 aromatic carbocycles. The number of carbonyl (C=O) groups is 2. The first-order chi connectivity index (χ1) is 8.65. The fourth-order valence-electron chi connectivity index (χ4n) is 2.70. The van der Waals surface area contributed by atoms with E-state index in [1.165, 1.54) is 7.11 Å². The standard InChI is InChI=1S/C13H22N2O3/c1-9(10-7-14-8-10)12(16)15-6-4-3-5-11(15)13(17)18-2/h9-11,14H,3-8H2,1-2H3. The number of nitrogens with one attached hydrogen (secondary N) is 1. The topological polar surface area (TPSA) is 58.6 Å². The molecule has 18 heavy (non-hydrogen) atoms. The van der Waals surface area contributed by atoms with Crippen LogP contribution < -0.4 is 5.32 Å². The van der Waals surface area contributed by atoms with Crippen LogP contribution in [0.3, 0.4) is 0 Å². The molecule has 2 fully saturated rings. The zero-order valence-corrected chi connectivity index (χ0v) is 11.1. The minimum absolute atomic E-state index is 0.00324. The molecule has 2 atom stereocenters. The van der Waals surface area contributed by atoms with Gasteiger partial charge >= 0.3 is 5.97 Å². The van der Waals surface area contributed by atoms with Crippen molar-refractivity contribution >= 4 is 11.9 Å². The van der Waals surface area contributed by atoms with E-state index >= 15 is 0 Å². The third-order valence-electron chi connectivity index (χ3n) is 4.17. The van der Waals surface area contributed by atoms with E-state index in [0.29, 0.717) is 12.5 Å². The highest BCUT2D eigenvalue weighted by molar-refractivity contribution is 5.86. The van der Waals surface area contributed by atoms with Crippen molar-refractivity contribution in [1.82, 2.24) is 10.2 Å². The molecular weight excluding hydrogens is 232 g/mol. The van der Waals surface area contributed by atoms with Gasteiger partial charge in [0.25, 0.3) is 0 Å². The van der Waals surface area contributed by atoms with Crippen LogP contribution in [-0.2, 0) is 14.3 Å². The van der Waals surface area contributed by atoms with Crippen LogP contribution in [0.2, 0.25) is 0 Å². The molecule has 2 aliphatic rings. The molecule has 1 N–H and O–H groups in total. The van der Waals surface area contributed by atoms with Gasteiger partial charge in [-0.25, -0.2) is 4.79 Å². The van der Waals surface area contributed by atoms with Gasteiger partial charge in [-0.3, -0.25) is 4.79 Å². The maximum absolute atomic E-state index is 12.5. The summed E-state index contributed by atoms with van der Waals surface area (Å²) >= 11 is 0. The van der Waals surface area contributed by atoms with Crippen molar-refractivity contribution in [3.63, 3.8) is 0 Å². The molecule has 2 heterocycles. The van der Waals surface area contributed by atoms with Crippen molar-refractivity contribution in [2.75, 3.05) is 26.7 Å². The van der Waals surface area contributed by atoms with E-state index in [2.05, 4.69) is 5.32 Å². The molecule has 102 valence electrons. The number of amides is 1. The zero-order chi connectivity index (χ0) is 13.1. The summed E-state index contributed by atoms with van der Waals surface area (Å²) in [5.41, 5.74) is 0. The van der Waals surface area contributed by atoms with Gasteiger partial charge in [0.1, 0.15) is 6.04 Å². The van der Waals surface area contributed by atoms with E-state index in [0.717, 1.165) is 32.4 Å². The van der Waals surface area contributed by atoms with Gasteiger partial charge in [-0.15, -0.1) is 0 Å². The average molecular weight is 254 g/mol. The lowest BCUT2D eigenvalue weighted by Crippen LogP contribution is -2.55. The highest BCUT2D eigenvalue weighted by Gasteiger charge is 2.38. The van der Waals surface area contributed by atoms with Gasteiger partial charge in [0.2, 0.25) is 5.91 Å². The molecule has 2 unspecified atom stereocenters. The molecule has 5 nitrogen and oxygen atoms in total. The highest BCUT2D eigenvalue weighted by Crippen LogP contribution is 2.24. The number of esters is 1. The average Bonchev–Trinajstić information content (AvgIpc) is 2.34. The van der Waals surface area contributed by atoms with Crippen molar-refractivity contribution < 1.29 is 14.3 Å². The van der Waals surface area contributed by atoms with Gasteiger partial charge in [-0.2, -0.15) is 0 Å². The number of likely N-dealkylation sites (tertiary alicyclic amines) is 1. The Morgan fingerprint density at radius 3 is 2.61 bits per heavy atom. The third-order valence-corrected chi connectivity index (χ3v) is 4.17. The van der Waals surface area contributed by atoms with Crippen LogP contribution in [0.4, 0.5) is 0 Å². The number of ether oxygens (including phenoxy) is 1. The van der Waals surface area contributed by atoms with Crippen molar-refractivity contribution in [1.29, 1.82) is 0 Å². The Kier molecular flexibility index (Phi) is 4.22. The molecular formula is C13H22N2O3. The van der Waals surface area contributed by atoms with Crippen molar-refractivity contribution in [3.8, 4) is 0 Å². The van der Waals surface area contributed by atoms with E-state index in [1.807, 2.05) is 6.92 Å². The molecule has 0 aromatic heterocycles. The van der Waals surface area contributed by atoms with E-state index in [9.17, 15) is 9.59 Å². The van der Waals surface area contributed by atoms with Gasteiger partial charge in [0.15, 0.2) is 0 Å². The lowest BCUT2D eigenvalue weighted by Gasteiger charge is -2.39. The number of rotatable bonds is 3. The summed E-state index contributed by atoms with van der Waals surface area (Å²) in [7, 11) is 1.39. The second-order valence-electron chi connectivity index (χ2n) is 5.27. The van der Waals surface area contributed by atoms with Crippen LogP contribution in [-0.4, -0.2) is 49.6 Å². The van der Waals surface area contributed by atoms with Crippen LogP contribution in [0.5, 0.6) is 0 Å². The Morgan fingerprint density at radius 1 is 1.33 bits per heavy atom. The summed E-state index contributed by atoms with van der Waals surface area (Å²) in [5, 5.41) is 3.18. The molecule has 1 amide bonds. The summed E-state index contributed by atoms with van der Waals surface area (Å²) in [4.78, 5) is 25.9. The second kappa shape index (κ2) is 5.69. The normalized spacial score (nSPS) is 26.3. The number of carbonyl (C=O) groups excluding carboxylic acids is 2. The first-order valence-electron chi connectivity index (χ1n) is 6.74. The summed E-state index contributed by atoms with van der Waals surface area (Å²) < 4.78 is 4.81. The number of hydrogen-bond donors (Lipinski definition) is 1. The summed E-state index contributed by atoms with van der Waals surface area (Å²) in [5.74, 6) is 0.243. The van der Waals surface area contributed by atoms with Gasteiger partial charge in [0, 0.05) is 12.5 Å². The Hall–Kier alpha value is -1.10. The lowest BCUT2D eigenvalue weighted by molar-refractivity contribution is -0.157. The van der Waals surface area contributed by atoms with Crippen LogP contribution in [0, 0.1) is 11.8 Å². The van der Waals surface area contributed by atoms with Crippen molar-refractivity contribution in [2.45, 2.75) is 32.2 Å². The maximum Gasteiger partial charge on any atom is 0.328 e. The quantitative estimate of drug-likeness (QED) is 0.741. The summed E-state index contributed by atoms with van der Waals surface area (Å²) in [6, 6.07) is -0.369. The van der Waals surface area contributed by atoms with Crippen LogP contribution in [0.25, 0.3) is 0 Å². The summed E-state index contributed by atoms with van der Waals surface area (Å²) in [6.45, 7) is 4.47. The lowest BCUT2D eigenvalue weighted by atomic mass is 9.87. The summed E-state index contributed by atoms with van der Waals surface area (Å²) in [6.07, 6.45) is 2.70. The SMILES string of the molecule is COC(=O)C1CCCCN1C(=O)C(C)C1CNC1. The Morgan fingerprint density at radius 2 is 2.06 bits per heavy atom. The Bertz CT molecular complexity index is 328. The zero-order valence-electron chi connectivity index (χ0n) is 11.1. The molecule has 0 spiro atoms. The second-order valence-corrected chi connectivity index (χ2v) is 5.27. The van der Waals surface area contributed by atoms with E-state index in [-0.39, 0.29) is 23.8 Å². The first-order valence-corrected chi connectivity index (χ1v) is 6.74. The molecule has 2 aliphatic heterocycles. The van der Waals surface area contributed by atoms with E-state index in [4.69, 9.17) is 4.74 Å². The molecule has 0 bridgehead atoms. The molecule has 2 saturated heterocycles. The van der Waals surface area contributed by atoms with Crippen molar-refractivity contribution in [3.05, 3.63) is 0 Å².